The maximum absolute atomic E-state index is 11.5. The van der Waals surface area contributed by atoms with E-state index in [1.165, 1.54) is 16.9 Å². The first-order valence-electron chi connectivity index (χ1n) is 4.72. The minimum Gasteiger partial charge on any atom is -0.350 e. The molecule has 0 bridgehead atoms. The van der Waals surface area contributed by atoms with E-state index in [4.69, 9.17) is 21.1 Å². The number of nitrogens with zero attached hydrogens (tertiary/aromatic N) is 2. The van der Waals surface area contributed by atoms with E-state index in [-0.39, 0.29) is 16.9 Å². The molecule has 1 aliphatic heterocycles. The highest BCUT2D eigenvalue weighted by Gasteiger charge is 2.16. The molecule has 0 radical (unpaired) electrons. The molecule has 0 aliphatic carbocycles. The third kappa shape index (κ3) is 2.56. The third-order valence-electron chi connectivity index (χ3n) is 2.13. The maximum Gasteiger partial charge on any atom is 0.285 e. The van der Waals surface area contributed by atoms with Crippen LogP contribution < -0.4 is 5.56 Å². The number of hydrogen-bond donors (Lipinski definition) is 0. The lowest BCUT2D eigenvalue weighted by molar-refractivity contribution is -0.0497. The van der Waals surface area contributed by atoms with Crippen LogP contribution in [0.2, 0.25) is 5.02 Å². The molecule has 0 unspecified atom stereocenters. The molecule has 15 heavy (non-hydrogen) atoms. The summed E-state index contributed by atoms with van der Waals surface area (Å²) >= 11 is 5.67. The van der Waals surface area contributed by atoms with Gasteiger partial charge in [-0.15, -0.1) is 0 Å². The van der Waals surface area contributed by atoms with Crippen LogP contribution in [-0.2, 0) is 16.0 Å². The van der Waals surface area contributed by atoms with Crippen LogP contribution in [0.5, 0.6) is 0 Å². The molecule has 5 nitrogen and oxygen atoms in total. The normalized spacial score (nSPS) is 17.1. The maximum atomic E-state index is 11.5. The summed E-state index contributed by atoms with van der Waals surface area (Å²) in [6.45, 7) is 1.68. The lowest BCUT2D eigenvalue weighted by Crippen LogP contribution is -2.25. The molecule has 2 rings (SSSR count). The molecule has 0 saturated carbocycles. The van der Waals surface area contributed by atoms with Gasteiger partial charge in [0.15, 0.2) is 6.29 Å². The minimum absolute atomic E-state index is 0.179. The fourth-order valence-electron chi connectivity index (χ4n) is 1.39. The number of halogens is 1. The smallest absolute Gasteiger partial charge is 0.285 e. The van der Waals surface area contributed by atoms with Crippen molar-refractivity contribution in [2.24, 2.45) is 0 Å². The Morgan fingerprint density at radius 2 is 2.27 bits per heavy atom. The van der Waals surface area contributed by atoms with E-state index in [0.29, 0.717) is 26.2 Å². The Balaban J connectivity index is 1.98. The van der Waals surface area contributed by atoms with Gasteiger partial charge in [0.05, 0.1) is 13.2 Å². The van der Waals surface area contributed by atoms with Crippen LogP contribution in [0, 0.1) is 0 Å². The highest BCUT2D eigenvalue weighted by atomic mass is 35.5. The summed E-state index contributed by atoms with van der Waals surface area (Å²) in [5.41, 5.74) is -0.280. The first-order chi connectivity index (χ1) is 7.27. The lowest BCUT2D eigenvalue weighted by atomic mass is 10.4. The van der Waals surface area contributed by atoms with Gasteiger partial charge in [0.25, 0.3) is 5.56 Å². The Morgan fingerprint density at radius 1 is 1.53 bits per heavy atom. The van der Waals surface area contributed by atoms with Crippen LogP contribution in [0.4, 0.5) is 0 Å². The van der Waals surface area contributed by atoms with E-state index in [2.05, 4.69) is 5.10 Å². The van der Waals surface area contributed by atoms with Crippen molar-refractivity contribution < 1.29 is 9.47 Å². The molecule has 82 valence electrons. The second kappa shape index (κ2) is 4.74. The molecule has 0 spiro atoms. The number of rotatable bonds is 3. The van der Waals surface area contributed by atoms with Crippen LogP contribution in [0.1, 0.15) is 6.42 Å². The molecule has 0 N–H and O–H groups in total. The molecular weight excluding hydrogens is 220 g/mol. The van der Waals surface area contributed by atoms with Gasteiger partial charge in [-0.2, -0.15) is 5.10 Å². The third-order valence-corrected chi connectivity index (χ3v) is 2.42. The van der Waals surface area contributed by atoms with Crippen molar-refractivity contribution in [1.82, 2.24) is 9.78 Å². The Kier molecular flexibility index (Phi) is 3.35. The summed E-state index contributed by atoms with van der Waals surface area (Å²) in [4.78, 5) is 11.5. The van der Waals surface area contributed by atoms with Crippen molar-refractivity contribution in [2.75, 3.05) is 13.2 Å². The van der Waals surface area contributed by atoms with E-state index < -0.39 is 0 Å². The average molecular weight is 231 g/mol. The zero-order valence-corrected chi connectivity index (χ0v) is 8.81. The molecule has 0 atom stereocenters. The van der Waals surface area contributed by atoms with Crippen LogP contribution >= 0.6 is 11.6 Å². The van der Waals surface area contributed by atoms with E-state index in [1.54, 1.807) is 0 Å². The predicted molar refractivity (Wildman–Crippen MR) is 53.8 cm³/mol. The number of ether oxygens (including phenoxy) is 2. The summed E-state index contributed by atoms with van der Waals surface area (Å²) in [6.07, 6.45) is 1.88. The number of hydrogen-bond acceptors (Lipinski definition) is 4. The molecule has 1 saturated heterocycles. The van der Waals surface area contributed by atoms with Crippen molar-refractivity contribution in [3.8, 4) is 0 Å². The number of aromatic nitrogens is 2. The van der Waals surface area contributed by atoms with Gasteiger partial charge in [-0.05, 0) is 6.07 Å². The topological polar surface area (TPSA) is 53.4 Å². The van der Waals surface area contributed by atoms with Gasteiger partial charge < -0.3 is 9.47 Å². The second-order valence-corrected chi connectivity index (χ2v) is 3.57. The van der Waals surface area contributed by atoms with E-state index in [9.17, 15) is 4.79 Å². The molecular formula is C9H11ClN2O3. The largest absolute Gasteiger partial charge is 0.350 e. The monoisotopic (exact) mass is 230 g/mol. The fourth-order valence-corrected chi connectivity index (χ4v) is 1.54. The van der Waals surface area contributed by atoms with E-state index in [1.807, 2.05) is 0 Å². The molecule has 1 aliphatic rings. The van der Waals surface area contributed by atoms with Gasteiger partial charge in [-0.3, -0.25) is 4.79 Å². The zero-order valence-electron chi connectivity index (χ0n) is 8.06. The summed E-state index contributed by atoms with van der Waals surface area (Å²) < 4.78 is 11.8. The highest BCUT2D eigenvalue weighted by molar-refractivity contribution is 6.30. The van der Waals surface area contributed by atoms with E-state index >= 15 is 0 Å². The Labute approximate surface area is 91.6 Å². The fraction of sp³-hybridized carbons (Fsp3) is 0.556. The van der Waals surface area contributed by atoms with Crippen molar-refractivity contribution in [3.63, 3.8) is 0 Å². The van der Waals surface area contributed by atoms with Gasteiger partial charge in [-0.25, -0.2) is 4.68 Å². The van der Waals surface area contributed by atoms with Gasteiger partial charge in [0, 0.05) is 19.2 Å². The Bertz CT molecular complexity index is 387. The van der Waals surface area contributed by atoms with Crippen molar-refractivity contribution in [2.45, 2.75) is 19.3 Å². The first kappa shape index (κ1) is 10.6. The van der Waals surface area contributed by atoms with Gasteiger partial charge in [0.2, 0.25) is 0 Å². The summed E-state index contributed by atoms with van der Waals surface area (Å²) in [5.74, 6) is 0. The lowest BCUT2D eigenvalue weighted by Gasteiger charge is -2.09. The highest BCUT2D eigenvalue weighted by Crippen LogP contribution is 2.08. The van der Waals surface area contributed by atoms with Crippen LogP contribution in [0.3, 0.4) is 0 Å². The summed E-state index contributed by atoms with van der Waals surface area (Å²) in [5, 5.41) is 4.09. The summed E-state index contributed by atoms with van der Waals surface area (Å²) in [7, 11) is 0. The van der Waals surface area contributed by atoms with Crippen molar-refractivity contribution >= 4 is 11.6 Å². The first-order valence-corrected chi connectivity index (χ1v) is 5.10. The van der Waals surface area contributed by atoms with Gasteiger partial charge >= 0.3 is 0 Å². The van der Waals surface area contributed by atoms with Crippen molar-refractivity contribution in [1.29, 1.82) is 0 Å². The molecule has 1 aromatic heterocycles. The Morgan fingerprint density at radius 3 is 3.00 bits per heavy atom. The number of aryl methyl sites for hydroxylation is 1. The Hall–Kier alpha value is -0.910. The van der Waals surface area contributed by atoms with Gasteiger partial charge in [-0.1, -0.05) is 11.6 Å². The minimum atomic E-state index is -0.280. The predicted octanol–water partition coefficient (Wildman–Crippen LogP) is 0.660. The molecule has 6 heteroatoms. The summed E-state index contributed by atoms with van der Waals surface area (Å²) in [6, 6.07) is 1.48. The van der Waals surface area contributed by atoms with E-state index in [0.717, 1.165) is 0 Å². The average Bonchev–Trinajstić information content (AvgIpc) is 2.73. The zero-order chi connectivity index (χ0) is 10.7. The molecule has 1 fully saturated rings. The second-order valence-electron chi connectivity index (χ2n) is 3.17. The van der Waals surface area contributed by atoms with Crippen LogP contribution in [0.15, 0.2) is 17.1 Å². The van der Waals surface area contributed by atoms with Crippen LogP contribution in [0.25, 0.3) is 0 Å². The van der Waals surface area contributed by atoms with Crippen LogP contribution in [-0.4, -0.2) is 29.3 Å². The molecule has 0 aromatic carbocycles. The SMILES string of the molecule is O=c1c(Cl)ccnn1CCC1OCCO1. The van der Waals surface area contributed by atoms with Gasteiger partial charge in [0.1, 0.15) is 5.02 Å². The molecule has 1 aromatic rings. The quantitative estimate of drug-likeness (QED) is 0.766. The molecule has 2 heterocycles. The van der Waals surface area contributed by atoms with Crippen molar-refractivity contribution in [3.05, 3.63) is 27.6 Å². The standard InChI is InChI=1S/C9H11ClN2O3/c10-7-1-3-11-12(9(7)13)4-2-8-14-5-6-15-8/h1,3,8H,2,4-6H2. The molecule has 0 amide bonds.